The van der Waals surface area contributed by atoms with Gasteiger partial charge in [-0.15, -0.1) is 0 Å². The summed E-state index contributed by atoms with van der Waals surface area (Å²) >= 11 is 0. The zero-order valence-electron chi connectivity index (χ0n) is 10.4. The minimum absolute atomic E-state index is 0.204. The van der Waals surface area contributed by atoms with Crippen molar-refractivity contribution in [3.8, 4) is 0 Å². The molecule has 0 unspecified atom stereocenters. The predicted molar refractivity (Wildman–Crippen MR) is 73.4 cm³/mol. The molecule has 0 aliphatic carbocycles. The molecule has 0 aromatic heterocycles. The zero-order valence-corrected chi connectivity index (χ0v) is 10.4. The van der Waals surface area contributed by atoms with Gasteiger partial charge in [0.25, 0.3) is 0 Å². The van der Waals surface area contributed by atoms with Crippen molar-refractivity contribution in [3.63, 3.8) is 0 Å². The fourth-order valence-electron chi connectivity index (χ4n) is 1.83. The van der Waals surface area contributed by atoms with Gasteiger partial charge in [0, 0.05) is 5.56 Å². The molecule has 0 radical (unpaired) electrons. The molecule has 3 nitrogen and oxygen atoms in total. The number of hydrogen-bond acceptors (Lipinski definition) is 3. The number of rotatable bonds is 2. The normalized spacial score (nSPS) is 16.1. The number of halogens is 1. The third kappa shape index (κ3) is 2.49. The summed E-state index contributed by atoms with van der Waals surface area (Å²) in [5, 5.41) is 0. The van der Waals surface area contributed by atoms with Gasteiger partial charge in [0.1, 0.15) is 5.82 Å². The number of esters is 1. The van der Waals surface area contributed by atoms with Crippen LogP contribution in [-0.4, -0.2) is 11.9 Å². The summed E-state index contributed by atoms with van der Waals surface area (Å²) < 4.78 is 17.9. The Kier molecular flexibility index (Phi) is 3.13. The quantitative estimate of drug-likeness (QED) is 0.619. The topological polar surface area (TPSA) is 38.7 Å². The average molecular weight is 267 g/mol. The van der Waals surface area contributed by atoms with E-state index in [-0.39, 0.29) is 17.4 Å². The predicted octanol–water partition coefficient (Wildman–Crippen LogP) is 3.17. The second-order valence-corrected chi connectivity index (χ2v) is 4.25. The molecule has 3 rings (SSSR count). The lowest BCUT2D eigenvalue weighted by molar-refractivity contribution is -0.129. The standard InChI is InChI=1S/C16H10FNO2/c17-13-8-6-11(7-9-13)10-14-16(19)20-15(18-14)12-4-2-1-3-5-12/h1-10H/b14-10-. The summed E-state index contributed by atoms with van der Waals surface area (Å²) in [6, 6.07) is 15.0. The number of ether oxygens (including phenoxy) is 1. The molecule has 98 valence electrons. The van der Waals surface area contributed by atoms with Crippen molar-refractivity contribution in [2.45, 2.75) is 0 Å². The molecule has 0 bridgehead atoms. The van der Waals surface area contributed by atoms with E-state index in [2.05, 4.69) is 4.99 Å². The molecule has 0 saturated heterocycles. The summed E-state index contributed by atoms with van der Waals surface area (Å²) in [6.07, 6.45) is 1.57. The van der Waals surface area contributed by atoms with Gasteiger partial charge in [-0.2, -0.15) is 0 Å². The minimum atomic E-state index is -0.506. The number of cyclic esters (lactones) is 1. The lowest BCUT2D eigenvalue weighted by Crippen LogP contribution is -2.04. The molecule has 2 aromatic rings. The van der Waals surface area contributed by atoms with Gasteiger partial charge < -0.3 is 4.74 Å². The van der Waals surface area contributed by atoms with Gasteiger partial charge in [0.05, 0.1) is 0 Å². The molecular formula is C16H10FNO2. The monoisotopic (exact) mass is 267 g/mol. The van der Waals surface area contributed by atoms with Crippen molar-refractivity contribution >= 4 is 17.9 Å². The van der Waals surface area contributed by atoms with Crippen molar-refractivity contribution in [2.24, 2.45) is 4.99 Å². The highest BCUT2D eigenvalue weighted by Gasteiger charge is 2.23. The first-order chi connectivity index (χ1) is 9.72. The van der Waals surface area contributed by atoms with Gasteiger partial charge in [-0.1, -0.05) is 30.3 Å². The van der Waals surface area contributed by atoms with Crippen LogP contribution >= 0.6 is 0 Å². The van der Waals surface area contributed by atoms with E-state index in [9.17, 15) is 9.18 Å². The van der Waals surface area contributed by atoms with Crippen LogP contribution in [0.25, 0.3) is 6.08 Å². The Bertz CT molecular complexity index is 703. The Morgan fingerprint density at radius 1 is 1.00 bits per heavy atom. The average Bonchev–Trinajstić information content (AvgIpc) is 2.84. The van der Waals surface area contributed by atoms with Crippen LogP contribution in [0, 0.1) is 5.82 Å². The van der Waals surface area contributed by atoms with Crippen LogP contribution in [0.2, 0.25) is 0 Å². The number of benzene rings is 2. The van der Waals surface area contributed by atoms with E-state index in [1.807, 2.05) is 30.3 Å². The highest BCUT2D eigenvalue weighted by molar-refractivity contribution is 6.12. The van der Waals surface area contributed by atoms with Gasteiger partial charge in [-0.25, -0.2) is 14.2 Å². The fourth-order valence-corrected chi connectivity index (χ4v) is 1.83. The molecule has 1 aliphatic heterocycles. The van der Waals surface area contributed by atoms with Gasteiger partial charge in [-0.05, 0) is 35.9 Å². The molecule has 0 spiro atoms. The van der Waals surface area contributed by atoms with Crippen LogP contribution in [0.5, 0.6) is 0 Å². The molecule has 0 fully saturated rings. The van der Waals surface area contributed by atoms with E-state index in [1.165, 1.54) is 12.1 Å². The van der Waals surface area contributed by atoms with E-state index in [0.29, 0.717) is 5.56 Å². The SMILES string of the molecule is O=C1OC(c2ccccc2)=N/C1=C\c1ccc(F)cc1. The Balaban J connectivity index is 1.92. The summed E-state index contributed by atoms with van der Waals surface area (Å²) in [5.74, 6) is -0.549. The Labute approximate surface area is 115 Å². The summed E-state index contributed by atoms with van der Waals surface area (Å²) in [5.41, 5.74) is 1.63. The Morgan fingerprint density at radius 3 is 2.40 bits per heavy atom. The molecule has 0 N–H and O–H groups in total. The molecule has 0 amide bonds. The Morgan fingerprint density at radius 2 is 1.70 bits per heavy atom. The van der Waals surface area contributed by atoms with Crippen LogP contribution in [-0.2, 0) is 9.53 Å². The van der Waals surface area contributed by atoms with Gasteiger partial charge >= 0.3 is 5.97 Å². The summed E-state index contributed by atoms with van der Waals surface area (Å²) in [6.45, 7) is 0. The molecule has 4 heteroatoms. The van der Waals surface area contributed by atoms with Gasteiger partial charge in [-0.3, -0.25) is 0 Å². The molecule has 20 heavy (non-hydrogen) atoms. The number of carbonyl (C=O) groups excluding carboxylic acids is 1. The van der Waals surface area contributed by atoms with Crippen LogP contribution in [0.1, 0.15) is 11.1 Å². The van der Waals surface area contributed by atoms with Crippen molar-refractivity contribution in [1.82, 2.24) is 0 Å². The second kappa shape index (κ2) is 5.09. The van der Waals surface area contributed by atoms with Crippen LogP contribution in [0.3, 0.4) is 0 Å². The molecule has 0 saturated carbocycles. The number of carbonyl (C=O) groups is 1. The number of aliphatic imine (C=N–C) groups is 1. The lowest BCUT2D eigenvalue weighted by Gasteiger charge is -1.97. The van der Waals surface area contributed by atoms with Crippen LogP contribution in [0.4, 0.5) is 4.39 Å². The highest BCUT2D eigenvalue weighted by Crippen LogP contribution is 2.19. The van der Waals surface area contributed by atoms with Crippen LogP contribution in [0.15, 0.2) is 65.3 Å². The molecule has 1 aliphatic rings. The number of hydrogen-bond donors (Lipinski definition) is 0. The zero-order chi connectivity index (χ0) is 13.9. The van der Waals surface area contributed by atoms with Gasteiger partial charge in [0.2, 0.25) is 5.90 Å². The first kappa shape index (κ1) is 12.3. The first-order valence-electron chi connectivity index (χ1n) is 6.06. The van der Waals surface area contributed by atoms with Crippen molar-refractivity contribution in [1.29, 1.82) is 0 Å². The summed E-state index contributed by atoms with van der Waals surface area (Å²) in [7, 11) is 0. The fraction of sp³-hybridized carbons (Fsp3) is 0. The third-order valence-corrected chi connectivity index (χ3v) is 2.81. The van der Waals surface area contributed by atoms with E-state index in [0.717, 1.165) is 5.56 Å². The van der Waals surface area contributed by atoms with Gasteiger partial charge in [0.15, 0.2) is 5.70 Å². The third-order valence-electron chi connectivity index (χ3n) is 2.81. The smallest absolute Gasteiger partial charge is 0.363 e. The van der Waals surface area contributed by atoms with Crippen molar-refractivity contribution in [3.05, 3.63) is 77.2 Å². The van der Waals surface area contributed by atoms with Crippen molar-refractivity contribution < 1.29 is 13.9 Å². The summed E-state index contributed by atoms with van der Waals surface area (Å²) in [4.78, 5) is 15.9. The Hall–Kier alpha value is -2.75. The van der Waals surface area contributed by atoms with E-state index >= 15 is 0 Å². The molecular weight excluding hydrogens is 257 g/mol. The minimum Gasteiger partial charge on any atom is -0.402 e. The van der Waals surface area contributed by atoms with E-state index < -0.39 is 5.97 Å². The maximum Gasteiger partial charge on any atom is 0.363 e. The maximum absolute atomic E-state index is 12.8. The molecule has 1 heterocycles. The molecule has 2 aromatic carbocycles. The van der Waals surface area contributed by atoms with E-state index in [4.69, 9.17) is 4.74 Å². The van der Waals surface area contributed by atoms with Crippen LogP contribution < -0.4 is 0 Å². The lowest BCUT2D eigenvalue weighted by atomic mass is 10.2. The maximum atomic E-state index is 12.8. The second-order valence-electron chi connectivity index (χ2n) is 4.25. The van der Waals surface area contributed by atoms with E-state index in [1.54, 1.807) is 18.2 Å². The first-order valence-corrected chi connectivity index (χ1v) is 6.06. The largest absolute Gasteiger partial charge is 0.402 e. The highest BCUT2D eigenvalue weighted by atomic mass is 19.1. The molecule has 0 atom stereocenters. The van der Waals surface area contributed by atoms with Crippen molar-refractivity contribution in [2.75, 3.05) is 0 Å². The number of nitrogens with zero attached hydrogens (tertiary/aromatic N) is 1.